The number of rotatable bonds is 8. The first-order valence-corrected chi connectivity index (χ1v) is 8.86. The van der Waals surface area contributed by atoms with Crippen LogP contribution in [-0.2, 0) is 17.9 Å². The van der Waals surface area contributed by atoms with Gasteiger partial charge in [0, 0.05) is 4.88 Å². The minimum Gasteiger partial charge on any atom is -0.489 e. The van der Waals surface area contributed by atoms with Crippen LogP contribution >= 0.6 is 11.3 Å². The smallest absolute Gasteiger partial charge is 0.258 e. The van der Waals surface area contributed by atoms with Gasteiger partial charge in [-0.25, -0.2) is 0 Å². The fourth-order valence-corrected chi connectivity index (χ4v) is 2.82. The Morgan fingerprint density at radius 2 is 1.60 bits per heavy atom. The zero-order valence-corrected chi connectivity index (χ0v) is 14.5. The molecule has 0 saturated carbocycles. The lowest BCUT2D eigenvalue weighted by Crippen LogP contribution is -2.28. The molecular formula is C20H19NO3S. The molecule has 0 saturated heterocycles. The van der Waals surface area contributed by atoms with Gasteiger partial charge in [-0.2, -0.15) is 0 Å². The predicted molar refractivity (Wildman–Crippen MR) is 98.9 cm³/mol. The third kappa shape index (κ3) is 5.65. The van der Waals surface area contributed by atoms with E-state index in [9.17, 15) is 4.79 Å². The lowest BCUT2D eigenvalue weighted by molar-refractivity contribution is -0.123. The van der Waals surface area contributed by atoms with Gasteiger partial charge >= 0.3 is 0 Å². The van der Waals surface area contributed by atoms with Gasteiger partial charge in [-0.3, -0.25) is 4.79 Å². The molecule has 0 bridgehead atoms. The van der Waals surface area contributed by atoms with Crippen molar-refractivity contribution in [2.24, 2.45) is 0 Å². The molecule has 4 nitrogen and oxygen atoms in total. The van der Waals surface area contributed by atoms with Crippen LogP contribution in [0.1, 0.15) is 10.4 Å². The summed E-state index contributed by atoms with van der Waals surface area (Å²) in [5.41, 5.74) is 1.12. The zero-order chi connectivity index (χ0) is 17.3. The molecule has 2 aromatic carbocycles. The molecule has 0 aliphatic carbocycles. The van der Waals surface area contributed by atoms with Crippen molar-refractivity contribution in [2.45, 2.75) is 13.2 Å². The summed E-state index contributed by atoms with van der Waals surface area (Å²) in [4.78, 5) is 12.9. The number of benzene rings is 2. The van der Waals surface area contributed by atoms with Crippen molar-refractivity contribution in [1.29, 1.82) is 0 Å². The van der Waals surface area contributed by atoms with Crippen LogP contribution in [-0.4, -0.2) is 12.5 Å². The van der Waals surface area contributed by atoms with Gasteiger partial charge < -0.3 is 14.8 Å². The van der Waals surface area contributed by atoms with E-state index < -0.39 is 0 Å². The molecule has 1 heterocycles. The maximum Gasteiger partial charge on any atom is 0.258 e. The highest BCUT2D eigenvalue weighted by atomic mass is 32.1. The van der Waals surface area contributed by atoms with E-state index in [-0.39, 0.29) is 12.5 Å². The second-order valence-corrected chi connectivity index (χ2v) is 6.42. The molecule has 5 heteroatoms. The van der Waals surface area contributed by atoms with Gasteiger partial charge in [-0.05, 0) is 41.3 Å². The number of hydrogen-bond donors (Lipinski definition) is 1. The van der Waals surface area contributed by atoms with Crippen molar-refractivity contribution in [1.82, 2.24) is 5.32 Å². The highest BCUT2D eigenvalue weighted by molar-refractivity contribution is 7.09. The molecule has 0 radical (unpaired) electrons. The Kier molecular flexibility index (Phi) is 6.06. The molecule has 1 amide bonds. The summed E-state index contributed by atoms with van der Waals surface area (Å²) < 4.78 is 11.2. The van der Waals surface area contributed by atoms with Crippen LogP contribution in [0.3, 0.4) is 0 Å². The highest BCUT2D eigenvalue weighted by Crippen LogP contribution is 2.18. The van der Waals surface area contributed by atoms with Crippen molar-refractivity contribution in [2.75, 3.05) is 6.61 Å². The molecule has 0 aliphatic heterocycles. The van der Waals surface area contributed by atoms with Gasteiger partial charge in [0.1, 0.15) is 18.1 Å². The normalized spacial score (nSPS) is 10.2. The van der Waals surface area contributed by atoms with Crippen molar-refractivity contribution in [3.8, 4) is 11.5 Å². The molecule has 0 atom stereocenters. The van der Waals surface area contributed by atoms with Crippen molar-refractivity contribution < 1.29 is 14.3 Å². The monoisotopic (exact) mass is 353 g/mol. The average Bonchev–Trinajstić information content (AvgIpc) is 3.18. The second-order valence-electron chi connectivity index (χ2n) is 5.39. The van der Waals surface area contributed by atoms with Crippen molar-refractivity contribution in [3.63, 3.8) is 0 Å². The maximum absolute atomic E-state index is 11.8. The molecule has 3 rings (SSSR count). The Morgan fingerprint density at radius 3 is 2.28 bits per heavy atom. The van der Waals surface area contributed by atoms with Gasteiger partial charge in [0.15, 0.2) is 6.61 Å². The zero-order valence-electron chi connectivity index (χ0n) is 13.7. The Balaban J connectivity index is 1.40. The first-order valence-electron chi connectivity index (χ1n) is 7.98. The lowest BCUT2D eigenvalue weighted by atomic mass is 10.2. The molecule has 1 N–H and O–H groups in total. The van der Waals surface area contributed by atoms with E-state index in [1.54, 1.807) is 23.5 Å². The fraction of sp³-hybridized carbons (Fsp3) is 0.150. The predicted octanol–water partition coefficient (Wildman–Crippen LogP) is 4.02. The van der Waals surface area contributed by atoms with Gasteiger partial charge in [-0.1, -0.05) is 36.4 Å². The summed E-state index contributed by atoms with van der Waals surface area (Å²) in [5, 5.41) is 4.81. The van der Waals surface area contributed by atoms with E-state index >= 15 is 0 Å². The van der Waals surface area contributed by atoms with Crippen molar-refractivity contribution >= 4 is 17.2 Å². The molecular weight excluding hydrogens is 334 g/mol. The molecule has 128 valence electrons. The third-order valence-electron chi connectivity index (χ3n) is 3.48. The van der Waals surface area contributed by atoms with Gasteiger partial charge in [0.25, 0.3) is 5.91 Å². The minimum absolute atomic E-state index is 0.00437. The molecule has 0 aliphatic rings. The molecule has 0 fully saturated rings. The third-order valence-corrected chi connectivity index (χ3v) is 4.36. The van der Waals surface area contributed by atoms with E-state index in [4.69, 9.17) is 9.47 Å². The first-order chi connectivity index (χ1) is 12.3. The number of nitrogens with one attached hydrogen (secondary N) is 1. The van der Waals surface area contributed by atoms with Crippen LogP contribution in [0.15, 0.2) is 72.1 Å². The maximum atomic E-state index is 11.8. The van der Waals surface area contributed by atoms with E-state index in [2.05, 4.69) is 5.32 Å². The largest absolute Gasteiger partial charge is 0.489 e. The topological polar surface area (TPSA) is 47.6 Å². The van der Waals surface area contributed by atoms with Gasteiger partial charge in [0.2, 0.25) is 0 Å². The Labute approximate surface area is 151 Å². The van der Waals surface area contributed by atoms with Crippen LogP contribution in [0.4, 0.5) is 0 Å². The Bertz CT molecular complexity index is 770. The molecule has 1 aromatic heterocycles. The summed E-state index contributed by atoms with van der Waals surface area (Å²) in [6.07, 6.45) is 0. The molecule has 0 unspecified atom stereocenters. The van der Waals surface area contributed by atoms with Crippen LogP contribution in [0, 0.1) is 0 Å². The number of carbonyl (C=O) groups excluding carboxylic acids is 1. The summed E-state index contributed by atoms with van der Waals surface area (Å²) in [7, 11) is 0. The number of amides is 1. The van der Waals surface area contributed by atoms with E-state index in [1.165, 1.54) is 0 Å². The summed E-state index contributed by atoms with van der Waals surface area (Å²) in [5.74, 6) is 1.26. The number of ether oxygens (including phenoxy) is 2. The Morgan fingerprint density at radius 1 is 0.880 bits per heavy atom. The molecule has 3 aromatic rings. The first kappa shape index (κ1) is 17.0. The standard InChI is InChI=1S/C20H19NO3S/c22-20(21-13-19-7-4-12-25-19)15-24-18-10-8-17(9-11-18)23-14-16-5-2-1-3-6-16/h1-12H,13-15H2,(H,21,22). The SMILES string of the molecule is O=C(COc1ccc(OCc2ccccc2)cc1)NCc1cccs1. The summed E-state index contributed by atoms with van der Waals surface area (Å²) in [6, 6.07) is 21.2. The quantitative estimate of drug-likeness (QED) is 0.665. The van der Waals surface area contributed by atoms with Crippen molar-refractivity contribution in [3.05, 3.63) is 82.6 Å². The van der Waals surface area contributed by atoms with Crippen LogP contribution in [0.2, 0.25) is 0 Å². The highest BCUT2D eigenvalue weighted by Gasteiger charge is 2.04. The summed E-state index contributed by atoms with van der Waals surface area (Å²) in [6.45, 7) is 1.05. The lowest BCUT2D eigenvalue weighted by Gasteiger charge is -2.09. The van der Waals surface area contributed by atoms with Crippen LogP contribution in [0.25, 0.3) is 0 Å². The van der Waals surface area contributed by atoms with E-state index in [0.29, 0.717) is 18.9 Å². The van der Waals surface area contributed by atoms with E-state index in [0.717, 1.165) is 16.2 Å². The van der Waals surface area contributed by atoms with Gasteiger partial charge in [-0.15, -0.1) is 11.3 Å². The second kappa shape index (κ2) is 8.89. The Hall–Kier alpha value is -2.79. The molecule has 0 spiro atoms. The van der Waals surface area contributed by atoms with E-state index in [1.807, 2.05) is 60.0 Å². The molecule has 25 heavy (non-hydrogen) atoms. The number of thiophene rings is 1. The van der Waals surface area contributed by atoms with Crippen LogP contribution < -0.4 is 14.8 Å². The summed E-state index contributed by atoms with van der Waals surface area (Å²) >= 11 is 1.61. The minimum atomic E-state index is -0.141. The fourth-order valence-electron chi connectivity index (χ4n) is 2.17. The number of carbonyl (C=O) groups is 1. The average molecular weight is 353 g/mol. The number of hydrogen-bond acceptors (Lipinski definition) is 4. The van der Waals surface area contributed by atoms with Crippen LogP contribution in [0.5, 0.6) is 11.5 Å². The van der Waals surface area contributed by atoms with Gasteiger partial charge in [0.05, 0.1) is 6.54 Å².